The number of thioether (sulfide) groups is 1. The number of methoxy groups -OCH3 is 1. The molecule has 0 bridgehead atoms. The van der Waals surface area contributed by atoms with Crippen LogP contribution in [0.1, 0.15) is 10.4 Å². The standard InChI is InChI=1S/C15H17ClN2O4S/c1-22-15(21)12-9-18(6-7-23-12)13(19)8-17-14(20)10-4-2-3-5-11(10)16/h2-5,12H,6-9H2,1H3,(H,17,20)/t12-/m1/s1. The van der Waals surface area contributed by atoms with E-state index in [0.29, 0.717) is 22.9 Å². The van der Waals surface area contributed by atoms with Crippen molar-refractivity contribution in [3.63, 3.8) is 0 Å². The van der Waals surface area contributed by atoms with Crippen molar-refractivity contribution in [2.75, 3.05) is 32.5 Å². The Kier molecular flexibility index (Phi) is 6.29. The first-order valence-corrected chi connectivity index (χ1v) is 8.45. The minimum absolute atomic E-state index is 0.136. The number of carbonyl (C=O) groups excluding carboxylic acids is 3. The summed E-state index contributed by atoms with van der Waals surface area (Å²) >= 11 is 7.41. The fourth-order valence-corrected chi connectivity index (χ4v) is 3.51. The van der Waals surface area contributed by atoms with E-state index in [2.05, 4.69) is 5.32 Å². The predicted molar refractivity (Wildman–Crippen MR) is 88.6 cm³/mol. The Balaban J connectivity index is 1.88. The Hall–Kier alpha value is -1.73. The molecule has 1 heterocycles. The molecule has 1 N–H and O–H groups in total. The van der Waals surface area contributed by atoms with Gasteiger partial charge < -0.3 is 15.0 Å². The van der Waals surface area contributed by atoms with E-state index >= 15 is 0 Å². The fourth-order valence-electron chi connectivity index (χ4n) is 2.16. The first-order chi connectivity index (χ1) is 11.0. The molecule has 0 radical (unpaired) electrons. The topological polar surface area (TPSA) is 75.7 Å². The SMILES string of the molecule is COC(=O)[C@H]1CN(C(=O)CNC(=O)c2ccccc2Cl)CCS1. The highest BCUT2D eigenvalue weighted by atomic mass is 35.5. The predicted octanol–water partition coefficient (Wildman–Crippen LogP) is 1.19. The lowest BCUT2D eigenvalue weighted by atomic mass is 10.2. The van der Waals surface area contributed by atoms with Gasteiger partial charge in [-0.05, 0) is 12.1 Å². The second kappa shape index (κ2) is 8.21. The van der Waals surface area contributed by atoms with Gasteiger partial charge in [0.05, 0.1) is 24.2 Å². The van der Waals surface area contributed by atoms with E-state index in [0.717, 1.165) is 0 Å². The van der Waals surface area contributed by atoms with Crippen LogP contribution in [-0.2, 0) is 14.3 Å². The lowest BCUT2D eigenvalue weighted by molar-refractivity contribution is -0.141. The maximum atomic E-state index is 12.2. The summed E-state index contributed by atoms with van der Waals surface area (Å²) in [5.41, 5.74) is 0.323. The summed E-state index contributed by atoms with van der Waals surface area (Å²) in [4.78, 5) is 37.3. The van der Waals surface area contributed by atoms with E-state index in [1.165, 1.54) is 18.9 Å². The normalized spacial score (nSPS) is 17.5. The van der Waals surface area contributed by atoms with Crippen molar-refractivity contribution in [2.45, 2.75) is 5.25 Å². The van der Waals surface area contributed by atoms with Crippen LogP contribution in [0.5, 0.6) is 0 Å². The molecule has 1 fully saturated rings. The van der Waals surface area contributed by atoms with Gasteiger partial charge in [0, 0.05) is 18.8 Å². The molecule has 1 aromatic carbocycles. The fraction of sp³-hybridized carbons (Fsp3) is 0.400. The van der Waals surface area contributed by atoms with Crippen LogP contribution >= 0.6 is 23.4 Å². The second-order valence-corrected chi connectivity index (χ2v) is 6.60. The molecule has 1 saturated heterocycles. The summed E-state index contributed by atoms with van der Waals surface area (Å²) in [5, 5.41) is 2.51. The lowest BCUT2D eigenvalue weighted by Gasteiger charge is -2.31. The van der Waals surface area contributed by atoms with Crippen LogP contribution in [0.4, 0.5) is 0 Å². The number of hydrogen-bond donors (Lipinski definition) is 1. The van der Waals surface area contributed by atoms with Crippen LogP contribution in [0.2, 0.25) is 5.02 Å². The average Bonchev–Trinajstić information content (AvgIpc) is 2.59. The number of esters is 1. The number of nitrogens with zero attached hydrogens (tertiary/aromatic N) is 1. The van der Waals surface area contributed by atoms with Gasteiger partial charge in [-0.2, -0.15) is 0 Å². The smallest absolute Gasteiger partial charge is 0.320 e. The number of ether oxygens (including phenoxy) is 1. The largest absolute Gasteiger partial charge is 0.468 e. The zero-order valence-corrected chi connectivity index (χ0v) is 14.2. The average molecular weight is 357 g/mol. The van der Waals surface area contributed by atoms with Crippen molar-refractivity contribution < 1.29 is 19.1 Å². The van der Waals surface area contributed by atoms with Crippen molar-refractivity contribution in [1.82, 2.24) is 10.2 Å². The summed E-state index contributed by atoms with van der Waals surface area (Å²) < 4.78 is 4.70. The molecule has 1 atom stereocenters. The van der Waals surface area contributed by atoms with Gasteiger partial charge in [0.15, 0.2) is 0 Å². The van der Waals surface area contributed by atoms with Gasteiger partial charge in [-0.15, -0.1) is 11.8 Å². The molecule has 0 aromatic heterocycles. The third-order valence-corrected chi connectivity index (χ3v) is 4.89. The molecule has 1 aliphatic heterocycles. The number of halogens is 1. The highest BCUT2D eigenvalue weighted by molar-refractivity contribution is 8.00. The van der Waals surface area contributed by atoms with Crippen LogP contribution in [0.15, 0.2) is 24.3 Å². The molecular formula is C15H17ClN2O4S. The third-order valence-electron chi connectivity index (χ3n) is 3.40. The van der Waals surface area contributed by atoms with Crippen molar-refractivity contribution in [3.8, 4) is 0 Å². The molecule has 1 aromatic rings. The Morgan fingerprint density at radius 1 is 1.39 bits per heavy atom. The van der Waals surface area contributed by atoms with E-state index in [4.69, 9.17) is 16.3 Å². The Bertz CT molecular complexity index is 611. The van der Waals surface area contributed by atoms with Crippen LogP contribution in [0.25, 0.3) is 0 Å². The molecule has 124 valence electrons. The Morgan fingerprint density at radius 3 is 2.83 bits per heavy atom. The number of carbonyl (C=O) groups is 3. The summed E-state index contributed by atoms with van der Waals surface area (Å²) in [5.74, 6) is -0.323. The highest BCUT2D eigenvalue weighted by Gasteiger charge is 2.29. The second-order valence-electron chi connectivity index (χ2n) is 4.88. The molecule has 0 spiro atoms. The zero-order valence-electron chi connectivity index (χ0n) is 12.6. The van der Waals surface area contributed by atoms with Gasteiger partial charge in [-0.3, -0.25) is 14.4 Å². The van der Waals surface area contributed by atoms with Crippen molar-refractivity contribution >= 4 is 41.1 Å². The zero-order chi connectivity index (χ0) is 16.8. The number of hydrogen-bond acceptors (Lipinski definition) is 5. The van der Waals surface area contributed by atoms with Gasteiger partial charge in [0.25, 0.3) is 5.91 Å². The molecule has 2 rings (SSSR count). The molecule has 8 heteroatoms. The summed E-state index contributed by atoms with van der Waals surface area (Å²) in [7, 11) is 1.33. The minimum Gasteiger partial charge on any atom is -0.468 e. The summed E-state index contributed by atoms with van der Waals surface area (Å²) in [6.07, 6.45) is 0. The summed E-state index contributed by atoms with van der Waals surface area (Å²) in [6.45, 7) is 0.694. The van der Waals surface area contributed by atoms with Crippen LogP contribution in [0, 0.1) is 0 Å². The first kappa shape index (κ1) is 17.6. The van der Waals surface area contributed by atoms with E-state index in [1.807, 2.05) is 0 Å². The maximum Gasteiger partial charge on any atom is 0.320 e. The third kappa shape index (κ3) is 4.62. The minimum atomic E-state index is -0.403. The quantitative estimate of drug-likeness (QED) is 0.820. The lowest BCUT2D eigenvalue weighted by Crippen LogP contribution is -2.48. The van der Waals surface area contributed by atoms with E-state index in [-0.39, 0.29) is 30.2 Å². The molecule has 6 nitrogen and oxygen atoms in total. The number of amides is 2. The highest BCUT2D eigenvalue weighted by Crippen LogP contribution is 2.20. The molecule has 23 heavy (non-hydrogen) atoms. The van der Waals surface area contributed by atoms with Gasteiger partial charge in [-0.25, -0.2) is 0 Å². The van der Waals surface area contributed by atoms with Gasteiger partial charge in [0.1, 0.15) is 5.25 Å². The molecule has 2 amide bonds. The van der Waals surface area contributed by atoms with E-state index in [9.17, 15) is 14.4 Å². The molecule has 0 unspecified atom stereocenters. The molecule has 0 saturated carbocycles. The Morgan fingerprint density at radius 2 is 2.13 bits per heavy atom. The molecule has 0 aliphatic carbocycles. The van der Waals surface area contributed by atoms with Crippen LogP contribution in [0.3, 0.4) is 0 Å². The van der Waals surface area contributed by atoms with Crippen molar-refractivity contribution in [3.05, 3.63) is 34.9 Å². The monoisotopic (exact) mass is 356 g/mol. The van der Waals surface area contributed by atoms with E-state index < -0.39 is 5.91 Å². The maximum absolute atomic E-state index is 12.2. The van der Waals surface area contributed by atoms with Gasteiger partial charge in [-0.1, -0.05) is 23.7 Å². The Labute approximate surface area is 143 Å². The number of nitrogens with one attached hydrogen (secondary N) is 1. The van der Waals surface area contributed by atoms with Crippen LogP contribution in [-0.4, -0.2) is 60.4 Å². The van der Waals surface area contributed by atoms with Gasteiger partial charge in [0.2, 0.25) is 5.91 Å². The molecule has 1 aliphatic rings. The number of benzene rings is 1. The summed E-state index contributed by atoms with van der Waals surface area (Å²) in [6, 6.07) is 6.63. The van der Waals surface area contributed by atoms with E-state index in [1.54, 1.807) is 29.2 Å². The number of rotatable bonds is 4. The van der Waals surface area contributed by atoms with Crippen molar-refractivity contribution in [2.24, 2.45) is 0 Å². The molecular weight excluding hydrogens is 340 g/mol. The van der Waals surface area contributed by atoms with Gasteiger partial charge >= 0.3 is 5.97 Å². The first-order valence-electron chi connectivity index (χ1n) is 7.03. The van der Waals surface area contributed by atoms with Crippen molar-refractivity contribution in [1.29, 1.82) is 0 Å². The van der Waals surface area contributed by atoms with Crippen LogP contribution < -0.4 is 5.32 Å².